The molecule has 0 bridgehead atoms. The van der Waals surface area contributed by atoms with Gasteiger partial charge in [0.05, 0.1) is 0 Å². The van der Waals surface area contributed by atoms with Gasteiger partial charge in [-0.3, -0.25) is 0 Å². The van der Waals surface area contributed by atoms with E-state index in [-0.39, 0.29) is 12.2 Å². The molecule has 0 radical (unpaired) electrons. The highest BCUT2D eigenvalue weighted by Gasteiger charge is 2.33. The van der Waals surface area contributed by atoms with Crippen LogP contribution in [0.4, 0.5) is 0 Å². The minimum absolute atomic E-state index is 0.169. The van der Waals surface area contributed by atoms with Crippen molar-refractivity contribution in [3.05, 3.63) is 0 Å². The number of rotatable bonds is 9. The first kappa shape index (κ1) is 19.4. The molecule has 0 amide bonds. The van der Waals surface area contributed by atoms with Crippen molar-refractivity contribution in [2.45, 2.75) is 80.4 Å². The maximum Gasteiger partial charge on any atom is 0.905 e. The molecule has 0 spiro atoms. The molecule has 0 fully saturated rings. The van der Waals surface area contributed by atoms with Gasteiger partial charge in [0.1, 0.15) is 0 Å². The molecule has 0 heterocycles. The maximum atomic E-state index is 5.84. The first-order chi connectivity index (χ1) is 8.60. The zero-order chi connectivity index (χ0) is 15.1. The smallest absolute Gasteiger partial charge is 0.454 e. The Morgan fingerprint density at radius 1 is 0.895 bits per heavy atom. The van der Waals surface area contributed by atoms with Crippen molar-refractivity contribution in [1.29, 1.82) is 0 Å². The van der Waals surface area contributed by atoms with Crippen LogP contribution in [0.25, 0.3) is 0 Å². The van der Waals surface area contributed by atoms with Gasteiger partial charge in [-0.05, 0) is 51.9 Å². The van der Waals surface area contributed by atoms with Gasteiger partial charge in [-0.25, -0.2) is 0 Å². The maximum absolute atomic E-state index is 5.84. The molecule has 114 valence electrons. The van der Waals surface area contributed by atoms with Gasteiger partial charge in [0.25, 0.3) is 0 Å². The summed E-state index contributed by atoms with van der Waals surface area (Å²) in [5, 5.41) is 0. The van der Waals surface area contributed by atoms with E-state index in [1.165, 1.54) is 6.42 Å². The first-order valence-corrected chi connectivity index (χ1v) is 8.94. The Kier molecular flexibility index (Phi) is 9.57. The molecule has 0 aliphatic heterocycles. The van der Waals surface area contributed by atoms with Crippen LogP contribution >= 0.6 is 0 Å². The quantitative estimate of drug-likeness (QED) is 0.592. The minimum atomic E-state index is -1.96. The molecule has 0 saturated heterocycles. The fourth-order valence-electron chi connectivity index (χ4n) is 2.07. The van der Waals surface area contributed by atoms with E-state index in [0.29, 0.717) is 11.3 Å². The van der Waals surface area contributed by atoms with Crippen molar-refractivity contribution in [3.8, 4) is 0 Å². The van der Waals surface area contributed by atoms with E-state index in [4.69, 9.17) is 11.4 Å². The third-order valence-electron chi connectivity index (χ3n) is 2.59. The van der Waals surface area contributed by atoms with E-state index in [1.54, 1.807) is 0 Å². The fraction of sp³-hybridized carbons (Fsp3) is 1.00. The predicted octanol–water partition coefficient (Wildman–Crippen LogP) is 4.30. The van der Waals surface area contributed by atoms with Gasteiger partial charge in [-0.2, -0.15) is 0 Å². The average molecular weight is 288 g/mol. The monoisotopic (exact) mass is 288 g/mol. The molecule has 0 rings (SSSR count). The predicted molar refractivity (Wildman–Crippen MR) is 82.0 cm³/mol. The van der Waals surface area contributed by atoms with Crippen LogP contribution in [-0.2, 0) is 11.4 Å². The van der Waals surface area contributed by atoms with Crippen molar-refractivity contribution in [2.75, 3.05) is 6.61 Å². The van der Waals surface area contributed by atoms with Gasteiger partial charge in [0.2, 0.25) is 0 Å². The average Bonchev–Trinajstić information content (AvgIpc) is 2.11. The van der Waals surface area contributed by atoms with E-state index < -0.39 is 15.1 Å². The van der Waals surface area contributed by atoms with Gasteiger partial charge in [-0.15, -0.1) is 0 Å². The summed E-state index contributed by atoms with van der Waals surface area (Å²) in [4.78, 5) is 0. The Bertz CT molecular complexity index is 214. The van der Waals surface area contributed by atoms with Gasteiger partial charge in [0, 0.05) is 18.8 Å². The van der Waals surface area contributed by atoms with Crippen molar-refractivity contribution < 1.29 is 11.4 Å². The van der Waals surface area contributed by atoms with Gasteiger partial charge in [-0.1, -0.05) is 27.7 Å². The van der Waals surface area contributed by atoms with Gasteiger partial charge < -0.3 is 11.4 Å². The van der Waals surface area contributed by atoms with E-state index >= 15 is 0 Å². The molecule has 0 aromatic carbocycles. The van der Waals surface area contributed by atoms with Crippen LogP contribution in [0.3, 0.4) is 0 Å². The topological polar surface area (TPSA) is 27.7 Å². The Hall–Kier alpha value is 0.412. The molecule has 0 N–H and O–H groups in total. The van der Waals surface area contributed by atoms with E-state index in [1.807, 2.05) is 27.7 Å². The Labute approximate surface area is 125 Å². The van der Waals surface area contributed by atoms with Crippen LogP contribution in [0.1, 0.15) is 68.2 Å². The van der Waals surface area contributed by atoms with E-state index in [2.05, 4.69) is 27.7 Å². The zero-order valence-corrected chi connectivity index (χ0v) is 15.3. The van der Waals surface area contributed by atoms with Crippen LogP contribution in [0.2, 0.25) is 0 Å². The van der Waals surface area contributed by atoms with Crippen LogP contribution < -0.4 is 0 Å². The highest BCUT2D eigenvalue weighted by Crippen LogP contribution is 2.25. The summed E-state index contributed by atoms with van der Waals surface area (Å²) in [6.45, 7) is 18.0. The summed E-state index contributed by atoms with van der Waals surface area (Å²) in [6, 6.07) is 0. The second-order valence-corrected chi connectivity index (χ2v) is 8.64. The molecule has 1 atom stereocenters. The largest absolute Gasteiger partial charge is 0.905 e. The first-order valence-electron chi connectivity index (χ1n) is 7.52. The van der Waals surface area contributed by atoms with Crippen molar-refractivity contribution in [2.24, 2.45) is 11.3 Å². The molecule has 0 saturated carbocycles. The second-order valence-electron chi connectivity index (χ2n) is 7.19. The normalized spacial score (nSPS) is 14.2. The standard InChI is InChI=1S/C9H19O.2C3H7O.Al/c1-8(5-6-10)7-9(2,3)4;2*1-3(2)4;/h8H,5-7H2,1-4H3;2*3H,1-2H3;/q3*-1;+3. The van der Waals surface area contributed by atoms with Gasteiger partial charge >= 0.3 is 15.1 Å². The molecule has 3 nitrogen and oxygen atoms in total. The van der Waals surface area contributed by atoms with Crippen molar-refractivity contribution in [1.82, 2.24) is 0 Å². The van der Waals surface area contributed by atoms with Crippen LogP contribution in [0.15, 0.2) is 0 Å². The SMILES string of the molecule is CC(CC[O][Al]([O]C(C)C)[O]C(C)C)CC(C)(C)C. The second kappa shape index (κ2) is 9.37. The minimum Gasteiger partial charge on any atom is -0.454 e. The van der Waals surface area contributed by atoms with E-state index in [9.17, 15) is 0 Å². The lowest BCUT2D eigenvalue weighted by Gasteiger charge is -2.24. The van der Waals surface area contributed by atoms with Crippen LogP contribution in [-0.4, -0.2) is 34.0 Å². The fourth-order valence-corrected chi connectivity index (χ4v) is 3.51. The molecule has 0 aromatic rings. The summed E-state index contributed by atoms with van der Waals surface area (Å²) >= 11 is -1.96. The third kappa shape index (κ3) is 13.2. The molecule has 19 heavy (non-hydrogen) atoms. The number of hydrogen-bond donors (Lipinski definition) is 0. The molecular formula is C15H33AlO3. The van der Waals surface area contributed by atoms with Crippen LogP contribution in [0, 0.1) is 11.3 Å². The summed E-state index contributed by atoms with van der Waals surface area (Å²) in [6.07, 6.45) is 2.63. The molecular weight excluding hydrogens is 255 g/mol. The van der Waals surface area contributed by atoms with Crippen molar-refractivity contribution in [3.63, 3.8) is 0 Å². The molecule has 0 aliphatic carbocycles. The van der Waals surface area contributed by atoms with E-state index in [0.717, 1.165) is 13.0 Å². The van der Waals surface area contributed by atoms with Gasteiger partial charge in [0.15, 0.2) is 0 Å². The molecule has 1 unspecified atom stereocenters. The summed E-state index contributed by atoms with van der Waals surface area (Å²) in [5.41, 5.74) is 0.388. The van der Waals surface area contributed by atoms with Crippen LogP contribution in [0.5, 0.6) is 0 Å². The zero-order valence-electron chi connectivity index (χ0n) is 14.2. The summed E-state index contributed by atoms with van der Waals surface area (Å²) < 4.78 is 17.3. The summed E-state index contributed by atoms with van der Waals surface area (Å²) in [5.74, 6) is 0.674. The Balaban J connectivity index is 3.97. The molecule has 0 aromatic heterocycles. The number of hydrogen-bond acceptors (Lipinski definition) is 3. The lowest BCUT2D eigenvalue weighted by atomic mass is 9.84. The summed E-state index contributed by atoms with van der Waals surface area (Å²) in [7, 11) is 0. The molecule has 4 heteroatoms. The molecule has 0 aliphatic rings. The highest BCUT2D eigenvalue weighted by molar-refractivity contribution is 6.36. The Morgan fingerprint density at radius 3 is 1.74 bits per heavy atom. The van der Waals surface area contributed by atoms with Crippen molar-refractivity contribution >= 4 is 15.1 Å². The third-order valence-corrected chi connectivity index (χ3v) is 4.63. The highest BCUT2D eigenvalue weighted by atomic mass is 27.3. The Morgan fingerprint density at radius 2 is 1.37 bits per heavy atom. The lowest BCUT2D eigenvalue weighted by Crippen LogP contribution is -2.33. The lowest BCUT2D eigenvalue weighted by molar-refractivity contribution is 0.0468.